The SMILES string of the molecule is Cc1cc(NC(=O)C(C)N(C)Cc2ccc(C)o2)on1. The minimum absolute atomic E-state index is 0.146. The average molecular weight is 277 g/mol. The highest BCUT2D eigenvalue weighted by molar-refractivity contribution is 5.93. The Balaban J connectivity index is 1.92. The van der Waals surface area contributed by atoms with Gasteiger partial charge in [0, 0.05) is 6.07 Å². The number of amides is 1. The molecule has 2 aromatic heterocycles. The van der Waals surface area contributed by atoms with Crippen molar-refractivity contribution in [2.45, 2.75) is 33.4 Å². The lowest BCUT2D eigenvalue weighted by Gasteiger charge is -2.22. The van der Waals surface area contributed by atoms with Gasteiger partial charge in [-0.1, -0.05) is 5.16 Å². The number of furan rings is 1. The number of rotatable bonds is 5. The van der Waals surface area contributed by atoms with Gasteiger partial charge in [-0.15, -0.1) is 0 Å². The molecule has 0 spiro atoms. The first kappa shape index (κ1) is 14.3. The van der Waals surface area contributed by atoms with Crippen molar-refractivity contribution in [1.82, 2.24) is 10.1 Å². The molecule has 2 aromatic rings. The van der Waals surface area contributed by atoms with E-state index >= 15 is 0 Å². The summed E-state index contributed by atoms with van der Waals surface area (Å²) in [5, 5.41) is 6.42. The van der Waals surface area contributed by atoms with E-state index in [1.54, 1.807) is 13.0 Å². The van der Waals surface area contributed by atoms with Crippen molar-refractivity contribution in [3.8, 4) is 0 Å². The van der Waals surface area contributed by atoms with Gasteiger partial charge in [-0.2, -0.15) is 0 Å². The molecule has 1 unspecified atom stereocenters. The summed E-state index contributed by atoms with van der Waals surface area (Å²) in [6.45, 7) is 6.09. The highest BCUT2D eigenvalue weighted by Gasteiger charge is 2.20. The van der Waals surface area contributed by atoms with Crippen LogP contribution in [0.1, 0.15) is 24.1 Å². The summed E-state index contributed by atoms with van der Waals surface area (Å²) in [5.41, 5.74) is 0.729. The molecule has 0 aliphatic heterocycles. The molecule has 0 saturated heterocycles. The van der Waals surface area contributed by atoms with Crippen LogP contribution < -0.4 is 5.32 Å². The van der Waals surface area contributed by atoms with Crippen LogP contribution in [0.25, 0.3) is 0 Å². The van der Waals surface area contributed by atoms with Crippen LogP contribution in [0.4, 0.5) is 5.88 Å². The van der Waals surface area contributed by atoms with Crippen molar-refractivity contribution in [3.05, 3.63) is 35.4 Å². The number of nitrogens with one attached hydrogen (secondary N) is 1. The molecule has 0 aromatic carbocycles. The molecule has 0 aliphatic carbocycles. The van der Waals surface area contributed by atoms with Crippen LogP contribution in [-0.4, -0.2) is 29.1 Å². The van der Waals surface area contributed by atoms with E-state index in [2.05, 4.69) is 10.5 Å². The summed E-state index contributed by atoms with van der Waals surface area (Å²) < 4.78 is 10.5. The largest absolute Gasteiger partial charge is 0.465 e. The Morgan fingerprint density at radius 1 is 1.45 bits per heavy atom. The van der Waals surface area contributed by atoms with Gasteiger partial charge in [-0.25, -0.2) is 0 Å². The summed E-state index contributed by atoms with van der Waals surface area (Å²) in [6, 6.07) is 5.19. The standard InChI is InChI=1S/C14H19N3O3/c1-9-7-13(20-16-9)15-14(18)11(3)17(4)8-12-6-5-10(2)19-12/h5-7,11H,8H2,1-4H3,(H,15,18). The predicted molar refractivity (Wildman–Crippen MR) is 74.2 cm³/mol. The first-order valence-electron chi connectivity index (χ1n) is 6.45. The number of aromatic nitrogens is 1. The van der Waals surface area contributed by atoms with Crippen LogP contribution in [0, 0.1) is 13.8 Å². The summed E-state index contributed by atoms with van der Waals surface area (Å²) in [4.78, 5) is 14.0. The van der Waals surface area contributed by atoms with Gasteiger partial charge in [0.2, 0.25) is 11.8 Å². The second kappa shape index (κ2) is 5.92. The zero-order chi connectivity index (χ0) is 14.7. The number of aryl methyl sites for hydroxylation is 2. The molecular weight excluding hydrogens is 258 g/mol. The fourth-order valence-corrected chi connectivity index (χ4v) is 1.80. The van der Waals surface area contributed by atoms with Gasteiger partial charge in [-0.3, -0.25) is 15.0 Å². The Morgan fingerprint density at radius 3 is 2.75 bits per heavy atom. The maximum absolute atomic E-state index is 12.1. The highest BCUT2D eigenvalue weighted by atomic mass is 16.5. The van der Waals surface area contributed by atoms with Gasteiger partial charge >= 0.3 is 0 Å². The van der Waals surface area contributed by atoms with Crippen LogP contribution in [-0.2, 0) is 11.3 Å². The predicted octanol–water partition coefficient (Wildman–Crippen LogP) is 2.34. The summed E-state index contributed by atoms with van der Waals surface area (Å²) in [6.07, 6.45) is 0. The number of carbonyl (C=O) groups excluding carboxylic acids is 1. The molecule has 108 valence electrons. The maximum atomic E-state index is 12.1. The zero-order valence-corrected chi connectivity index (χ0v) is 12.1. The smallest absolute Gasteiger partial charge is 0.243 e. The van der Waals surface area contributed by atoms with Crippen LogP contribution >= 0.6 is 0 Å². The normalized spacial score (nSPS) is 12.7. The number of anilines is 1. The Hall–Kier alpha value is -2.08. The third-order valence-electron chi connectivity index (χ3n) is 3.12. The number of likely N-dealkylation sites (N-methyl/N-ethyl adjacent to an activating group) is 1. The molecule has 1 amide bonds. The van der Waals surface area contributed by atoms with Crippen LogP contribution in [0.5, 0.6) is 0 Å². The Morgan fingerprint density at radius 2 is 2.20 bits per heavy atom. The zero-order valence-electron chi connectivity index (χ0n) is 12.1. The quantitative estimate of drug-likeness (QED) is 0.908. The molecule has 6 nitrogen and oxygen atoms in total. The van der Waals surface area contributed by atoms with E-state index in [4.69, 9.17) is 8.94 Å². The number of hydrogen-bond donors (Lipinski definition) is 1. The van der Waals surface area contributed by atoms with E-state index in [1.807, 2.05) is 37.9 Å². The average Bonchev–Trinajstić information content (AvgIpc) is 2.97. The van der Waals surface area contributed by atoms with Crippen LogP contribution in [0.15, 0.2) is 27.1 Å². The molecule has 0 aliphatic rings. The van der Waals surface area contributed by atoms with E-state index in [0.717, 1.165) is 17.2 Å². The minimum Gasteiger partial charge on any atom is -0.465 e. The molecule has 0 fully saturated rings. The van der Waals surface area contributed by atoms with Gasteiger partial charge in [-0.05, 0) is 40.0 Å². The van der Waals surface area contributed by atoms with Crippen molar-refractivity contribution >= 4 is 11.8 Å². The molecule has 6 heteroatoms. The van der Waals surface area contributed by atoms with E-state index in [-0.39, 0.29) is 11.9 Å². The maximum Gasteiger partial charge on any atom is 0.243 e. The first-order valence-corrected chi connectivity index (χ1v) is 6.45. The lowest BCUT2D eigenvalue weighted by Crippen LogP contribution is -2.39. The number of carbonyl (C=O) groups is 1. The minimum atomic E-state index is -0.314. The van der Waals surface area contributed by atoms with Crippen molar-refractivity contribution < 1.29 is 13.7 Å². The fraction of sp³-hybridized carbons (Fsp3) is 0.429. The third kappa shape index (κ3) is 3.48. The molecule has 1 atom stereocenters. The van der Waals surface area contributed by atoms with Gasteiger partial charge in [0.1, 0.15) is 11.5 Å². The van der Waals surface area contributed by atoms with Crippen molar-refractivity contribution in [3.63, 3.8) is 0 Å². The van der Waals surface area contributed by atoms with Gasteiger partial charge < -0.3 is 8.94 Å². The van der Waals surface area contributed by atoms with Crippen molar-refractivity contribution in [2.75, 3.05) is 12.4 Å². The molecule has 0 radical (unpaired) electrons. The molecule has 0 bridgehead atoms. The van der Waals surface area contributed by atoms with E-state index in [9.17, 15) is 4.79 Å². The molecule has 2 heterocycles. The van der Waals surface area contributed by atoms with Crippen molar-refractivity contribution in [1.29, 1.82) is 0 Å². The molecular formula is C14H19N3O3. The van der Waals surface area contributed by atoms with Crippen LogP contribution in [0.2, 0.25) is 0 Å². The van der Waals surface area contributed by atoms with Crippen molar-refractivity contribution in [2.24, 2.45) is 0 Å². The Bertz CT molecular complexity index is 588. The third-order valence-corrected chi connectivity index (χ3v) is 3.12. The fourth-order valence-electron chi connectivity index (χ4n) is 1.80. The first-order chi connectivity index (χ1) is 9.45. The number of hydrogen-bond acceptors (Lipinski definition) is 5. The van der Waals surface area contributed by atoms with Gasteiger partial charge in [0.05, 0.1) is 18.3 Å². The molecule has 20 heavy (non-hydrogen) atoms. The lowest BCUT2D eigenvalue weighted by molar-refractivity contribution is -0.120. The second-order valence-electron chi connectivity index (χ2n) is 4.93. The molecule has 0 saturated carbocycles. The Labute approximate surface area is 117 Å². The monoisotopic (exact) mass is 277 g/mol. The lowest BCUT2D eigenvalue weighted by atomic mass is 10.2. The number of nitrogens with zero attached hydrogens (tertiary/aromatic N) is 2. The topological polar surface area (TPSA) is 71.5 Å². The summed E-state index contributed by atoms with van der Waals surface area (Å²) in [7, 11) is 1.87. The molecule has 1 N–H and O–H groups in total. The molecule has 2 rings (SSSR count). The summed E-state index contributed by atoms with van der Waals surface area (Å²) >= 11 is 0. The van der Waals surface area contributed by atoms with E-state index < -0.39 is 0 Å². The highest BCUT2D eigenvalue weighted by Crippen LogP contribution is 2.13. The second-order valence-corrected chi connectivity index (χ2v) is 4.93. The van der Waals surface area contributed by atoms with Gasteiger partial charge in [0.25, 0.3) is 0 Å². The summed E-state index contributed by atoms with van der Waals surface area (Å²) in [5.74, 6) is 1.91. The van der Waals surface area contributed by atoms with Gasteiger partial charge in [0.15, 0.2) is 0 Å². The Kier molecular flexibility index (Phi) is 4.24. The van der Waals surface area contributed by atoms with E-state index in [1.165, 1.54) is 0 Å². The van der Waals surface area contributed by atoms with Crippen LogP contribution in [0.3, 0.4) is 0 Å². The van der Waals surface area contributed by atoms with E-state index in [0.29, 0.717) is 12.4 Å².